The first-order valence-corrected chi connectivity index (χ1v) is 11.5. The number of ether oxygens (including phenoxy) is 2. The van der Waals surface area contributed by atoms with Gasteiger partial charge in [0, 0.05) is 32.4 Å². The molecule has 8 heteroatoms. The maximum Gasteiger partial charge on any atom is 0.300 e. The molecule has 6 nitrogen and oxygen atoms in total. The zero-order valence-electron chi connectivity index (χ0n) is 18.6. The van der Waals surface area contributed by atoms with Gasteiger partial charge in [0.2, 0.25) is 0 Å². The Balaban J connectivity index is 2.00. The Kier molecular flexibility index (Phi) is 6.68. The lowest BCUT2D eigenvalue weighted by Gasteiger charge is -2.27. The zero-order chi connectivity index (χ0) is 24.6. The molecule has 1 unspecified atom stereocenters. The summed E-state index contributed by atoms with van der Waals surface area (Å²) in [5, 5.41) is 11.7. The summed E-state index contributed by atoms with van der Waals surface area (Å²) in [6.45, 7) is 1.92. The number of hydrogen-bond acceptors (Lipinski definition) is 5. The normalized spacial score (nSPS) is 17.2. The number of benzene rings is 3. The summed E-state index contributed by atoms with van der Waals surface area (Å²) in [5.74, 6) is -0.898. The highest BCUT2D eigenvalue weighted by Crippen LogP contribution is 2.46. The van der Waals surface area contributed by atoms with Crippen molar-refractivity contribution in [2.24, 2.45) is 0 Å². The van der Waals surface area contributed by atoms with Gasteiger partial charge in [-0.25, -0.2) is 0 Å². The number of amides is 1. The second kappa shape index (κ2) is 9.52. The third kappa shape index (κ3) is 4.17. The molecule has 1 amide bonds. The molecule has 1 atom stereocenters. The number of methoxy groups -OCH3 is 2. The summed E-state index contributed by atoms with van der Waals surface area (Å²) in [7, 11) is 3.02. The molecular formula is C26H21BrClNO5. The molecule has 1 aliphatic heterocycles. The van der Waals surface area contributed by atoms with Crippen LogP contribution in [0.2, 0.25) is 5.02 Å². The number of halogens is 2. The number of carbonyl (C=O) groups is 2. The Bertz CT molecular complexity index is 1320. The van der Waals surface area contributed by atoms with Gasteiger partial charge in [0.15, 0.2) is 0 Å². The first kappa shape index (κ1) is 23.9. The molecule has 0 radical (unpaired) electrons. The number of rotatable bonds is 5. The molecule has 0 aromatic heterocycles. The molecule has 1 saturated heterocycles. The van der Waals surface area contributed by atoms with Gasteiger partial charge in [0.05, 0.1) is 25.8 Å². The number of aliphatic hydroxyl groups is 1. The van der Waals surface area contributed by atoms with Gasteiger partial charge in [0.25, 0.3) is 11.7 Å². The highest BCUT2D eigenvalue weighted by Gasteiger charge is 2.48. The fourth-order valence-electron chi connectivity index (χ4n) is 3.93. The van der Waals surface area contributed by atoms with Crippen LogP contribution in [0, 0.1) is 6.92 Å². The van der Waals surface area contributed by atoms with Gasteiger partial charge in [-0.15, -0.1) is 0 Å². The number of nitrogens with zero attached hydrogens (tertiary/aromatic N) is 1. The summed E-state index contributed by atoms with van der Waals surface area (Å²) >= 11 is 9.49. The third-order valence-corrected chi connectivity index (χ3v) is 6.84. The van der Waals surface area contributed by atoms with E-state index in [9.17, 15) is 14.7 Å². The molecule has 1 heterocycles. The Labute approximate surface area is 210 Å². The van der Waals surface area contributed by atoms with Crippen molar-refractivity contribution < 1.29 is 24.2 Å². The van der Waals surface area contributed by atoms with Crippen LogP contribution in [0.4, 0.5) is 5.69 Å². The number of hydrogen-bond donors (Lipinski definition) is 1. The van der Waals surface area contributed by atoms with Crippen LogP contribution in [-0.4, -0.2) is 31.0 Å². The highest BCUT2D eigenvalue weighted by molar-refractivity contribution is 9.10. The van der Waals surface area contributed by atoms with Gasteiger partial charge in [0.1, 0.15) is 17.3 Å². The predicted octanol–water partition coefficient (Wildman–Crippen LogP) is 6.05. The lowest BCUT2D eigenvalue weighted by Crippen LogP contribution is -2.29. The molecular weight excluding hydrogens is 522 g/mol. The van der Waals surface area contributed by atoms with E-state index >= 15 is 0 Å². The topological polar surface area (TPSA) is 76.1 Å². The van der Waals surface area contributed by atoms with Crippen LogP contribution in [0.3, 0.4) is 0 Å². The molecule has 3 aromatic rings. The minimum Gasteiger partial charge on any atom is -0.507 e. The van der Waals surface area contributed by atoms with E-state index in [1.807, 2.05) is 13.0 Å². The monoisotopic (exact) mass is 541 g/mol. The minimum absolute atomic E-state index is 0.0486. The second-order valence-electron chi connectivity index (χ2n) is 7.72. The first-order valence-electron chi connectivity index (χ1n) is 10.3. The standard InChI is InChI=1S/C26H21BrClNO5/c1-14-4-9-17(12-20(14)27)29-23(19-11-10-18(33-2)13-21(19)34-3)22(25(31)26(29)32)24(30)15-5-7-16(28)8-6-15/h4-13,23,30H,1-3H3. The van der Waals surface area contributed by atoms with Gasteiger partial charge in [-0.05, 0) is 61.0 Å². The third-order valence-electron chi connectivity index (χ3n) is 5.73. The highest BCUT2D eigenvalue weighted by atomic mass is 79.9. The van der Waals surface area contributed by atoms with Crippen LogP contribution in [0.15, 0.2) is 70.7 Å². The Hall–Kier alpha value is -3.29. The van der Waals surface area contributed by atoms with Crippen molar-refractivity contribution in [2.75, 3.05) is 19.1 Å². The number of aryl methyl sites for hydroxylation is 1. The lowest BCUT2D eigenvalue weighted by atomic mass is 9.94. The van der Waals surface area contributed by atoms with Gasteiger partial charge in [-0.1, -0.05) is 33.6 Å². The van der Waals surface area contributed by atoms with Crippen molar-refractivity contribution in [3.8, 4) is 11.5 Å². The Morgan fingerprint density at radius 1 is 1.00 bits per heavy atom. The molecule has 0 aliphatic carbocycles. The summed E-state index contributed by atoms with van der Waals surface area (Å²) in [6.07, 6.45) is 0. The smallest absolute Gasteiger partial charge is 0.300 e. The molecule has 0 bridgehead atoms. The average molecular weight is 543 g/mol. The largest absolute Gasteiger partial charge is 0.507 e. The maximum absolute atomic E-state index is 13.3. The molecule has 1 aliphatic rings. The van der Waals surface area contributed by atoms with E-state index in [2.05, 4.69) is 15.9 Å². The van der Waals surface area contributed by atoms with E-state index in [0.29, 0.717) is 33.3 Å². The Morgan fingerprint density at radius 2 is 1.71 bits per heavy atom. The molecule has 34 heavy (non-hydrogen) atoms. The summed E-state index contributed by atoms with van der Waals surface area (Å²) in [5.41, 5.74) is 2.31. The van der Waals surface area contributed by atoms with E-state index in [-0.39, 0.29) is 11.3 Å². The van der Waals surface area contributed by atoms with E-state index in [1.165, 1.54) is 19.1 Å². The fraction of sp³-hybridized carbons (Fsp3) is 0.154. The van der Waals surface area contributed by atoms with E-state index in [0.717, 1.165) is 10.0 Å². The molecule has 174 valence electrons. The first-order chi connectivity index (χ1) is 16.3. The molecule has 0 spiro atoms. The lowest BCUT2D eigenvalue weighted by molar-refractivity contribution is -0.132. The average Bonchev–Trinajstić information content (AvgIpc) is 3.10. The van der Waals surface area contributed by atoms with Crippen molar-refractivity contribution in [1.82, 2.24) is 0 Å². The van der Waals surface area contributed by atoms with Crippen molar-refractivity contribution in [2.45, 2.75) is 13.0 Å². The Morgan fingerprint density at radius 3 is 2.32 bits per heavy atom. The van der Waals surface area contributed by atoms with Crippen molar-refractivity contribution in [1.29, 1.82) is 0 Å². The molecule has 4 rings (SSSR count). The van der Waals surface area contributed by atoms with Crippen LogP contribution < -0.4 is 14.4 Å². The summed E-state index contributed by atoms with van der Waals surface area (Å²) < 4.78 is 11.7. The second-order valence-corrected chi connectivity index (χ2v) is 9.01. The molecule has 0 saturated carbocycles. The number of ketones is 1. The van der Waals surface area contributed by atoms with Gasteiger partial charge in [-0.2, -0.15) is 0 Å². The predicted molar refractivity (Wildman–Crippen MR) is 135 cm³/mol. The van der Waals surface area contributed by atoms with Crippen LogP contribution >= 0.6 is 27.5 Å². The quantitative estimate of drug-likeness (QED) is 0.241. The number of aliphatic hydroxyl groups excluding tert-OH is 1. The summed E-state index contributed by atoms with van der Waals surface area (Å²) in [6, 6.07) is 15.9. The van der Waals surface area contributed by atoms with Crippen molar-refractivity contribution in [3.05, 3.63) is 92.4 Å². The van der Waals surface area contributed by atoms with E-state index in [1.54, 1.807) is 54.6 Å². The van der Waals surface area contributed by atoms with Crippen molar-refractivity contribution >= 4 is 50.7 Å². The molecule has 3 aromatic carbocycles. The van der Waals surface area contributed by atoms with Gasteiger partial charge >= 0.3 is 0 Å². The molecule has 1 fully saturated rings. The van der Waals surface area contributed by atoms with Gasteiger partial charge in [-0.3, -0.25) is 14.5 Å². The summed E-state index contributed by atoms with van der Waals surface area (Å²) in [4.78, 5) is 28.0. The minimum atomic E-state index is -0.939. The zero-order valence-corrected chi connectivity index (χ0v) is 21.0. The van der Waals surface area contributed by atoms with Crippen LogP contribution in [0.1, 0.15) is 22.7 Å². The van der Waals surface area contributed by atoms with E-state index in [4.69, 9.17) is 21.1 Å². The van der Waals surface area contributed by atoms with Gasteiger partial charge < -0.3 is 14.6 Å². The number of Topliss-reactive ketones (excluding diaryl/α,β-unsaturated/α-hetero) is 1. The van der Waals surface area contributed by atoms with Crippen LogP contribution in [0.5, 0.6) is 11.5 Å². The number of anilines is 1. The SMILES string of the molecule is COc1ccc(C2C(=C(O)c3ccc(Cl)cc3)C(=O)C(=O)N2c2ccc(C)c(Br)c2)c(OC)c1. The van der Waals surface area contributed by atoms with E-state index < -0.39 is 17.7 Å². The van der Waals surface area contributed by atoms with Crippen molar-refractivity contribution in [3.63, 3.8) is 0 Å². The van der Waals surface area contributed by atoms with Crippen LogP contribution in [-0.2, 0) is 9.59 Å². The molecule has 1 N–H and O–H groups in total. The maximum atomic E-state index is 13.3. The fourth-order valence-corrected chi connectivity index (χ4v) is 4.42. The van der Waals surface area contributed by atoms with Crippen LogP contribution in [0.25, 0.3) is 5.76 Å². The number of carbonyl (C=O) groups excluding carboxylic acids is 2.